The van der Waals surface area contributed by atoms with Gasteiger partial charge in [0.2, 0.25) is 0 Å². The lowest BCUT2D eigenvalue weighted by Crippen LogP contribution is -2.09. The average molecular weight is 189 g/mol. The molecule has 0 aliphatic carbocycles. The summed E-state index contributed by atoms with van der Waals surface area (Å²) in [4.78, 5) is 0. The predicted molar refractivity (Wildman–Crippen MR) is 56.1 cm³/mol. The van der Waals surface area contributed by atoms with E-state index in [0.29, 0.717) is 5.41 Å². The minimum atomic E-state index is 0.321. The summed E-state index contributed by atoms with van der Waals surface area (Å²) in [6, 6.07) is 4.13. The van der Waals surface area contributed by atoms with Crippen LogP contribution in [0.4, 0.5) is 0 Å². The van der Waals surface area contributed by atoms with Gasteiger partial charge >= 0.3 is 0 Å². The normalized spacial score (nSPS) is 12.2. The van der Waals surface area contributed by atoms with Crippen LogP contribution in [0.25, 0.3) is 5.65 Å². The summed E-state index contributed by atoms with van der Waals surface area (Å²) in [6.45, 7) is 6.72. The summed E-state index contributed by atoms with van der Waals surface area (Å²) >= 11 is 0. The second-order valence-corrected chi connectivity index (χ2v) is 4.87. The van der Waals surface area contributed by atoms with Gasteiger partial charge in [0.1, 0.15) is 6.33 Å². The van der Waals surface area contributed by atoms with Gasteiger partial charge in [-0.05, 0) is 23.5 Å². The van der Waals surface area contributed by atoms with E-state index in [0.717, 1.165) is 12.1 Å². The van der Waals surface area contributed by atoms with Gasteiger partial charge < -0.3 is 0 Å². The van der Waals surface area contributed by atoms with Crippen LogP contribution in [0.5, 0.6) is 0 Å². The molecule has 0 amide bonds. The molecule has 0 aliphatic heterocycles. The van der Waals surface area contributed by atoms with Crippen molar-refractivity contribution in [1.82, 2.24) is 14.6 Å². The van der Waals surface area contributed by atoms with Gasteiger partial charge in [0.15, 0.2) is 5.65 Å². The van der Waals surface area contributed by atoms with E-state index >= 15 is 0 Å². The van der Waals surface area contributed by atoms with Gasteiger partial charge in [-0.15, -0.1) is 10.2 Å². The third-order valence-corrected chi connectivity index (χ3v) is 2.09. The molecule has 74 valence electrons. The minimum absolute atomic E-state index is 0.321. The van der Waals surface area contributed by atoms with Crippen LogP contribution in [-0.4, -0.2) is 14.6 Å². The molecule has 0 aromatic carbocycles. The Balaban J connectivity index is 2.35. The SMILES string of the molecule is CC(C)(C)Cc1ccc2nncn2c1. The zero-order chi connectivity index (χ0) is 10.2. The van der Waals surface area contributed by atoms with Crippen LogP contribution in [0, 0.1) is 5.41 Å². The number of fused-ring (bicyclic) bond motifs is 1. The van der Waals surface area contributed by atoms with Crippen LogP contribution in [0.1, 0.15) is 26.3 Å². The fourth-order valence-corrected chi connectivity index (χ4v) is 1.59. The molecule has 3 heteroatoms. The lowest BCUT2D eigenvalue weighted by Gasteiger charge is -2.17. The lowest BCUT2D eigenvalue weighted by molar-refractivity contribution is 0.410. The number of hydrogen-bond acceptors (Lipinski definition) is 2. The number of pyridine rings is 1. The van der Waals surface area contributed by atoms with E-state index in [1.54, 1.807) is 6.33 Å². The lowest BCUT2D eigenvalue weighted by atomic mass is 9.89. The molecule has 2 heterocycles. The van der Waals surface area contributed by atoms with E-state index < -0.39 is 0 Å². The molecule has 2 aromatic heterocycles. The first-order valence-electron chi connectivity index (χ1n) is 4.83. The molecule has 0 spiro atoms. The van der Waals surface area contributed by atoms with Crippen molar-refractivity contribution in [2.24, 2.45) is 5.41 Å². The fraction of sp³-hybridized carbons (Fsp3) is 0.455. The predicted octanol–water partition coefficient (Wildman–Crippen LogP) is 2.32. The Morgan fingerprint density at radius 3 is 2.79 bits per heavy atom. The Morgan fingerprint density at radius 2 is 2.07 bits per heavy atom. The van der Waals surface area contributed by atoms with Gasteiger partial charge in [0.05, 0.1) is 0 Å². The van der Waals surface area contributed by atoms with Gasteiger partial charge in [0.25, 0.3) is 0 Å². The second-order valence-electron chi connectivity index (χ2n) is 4.87. The molecule has 2 rings (SSSR count). The first kappa shape index (κ1) is 9.19. The van der Waals surface area contributed by atoms with E-state index in [4.69, 9.17) is 0 Å². The van der Waals surface area contributed by atoms with E-state index in [-0.39, 0.29) is 0 Å². The molecule has 0 aliphatic rings. The molecule has 3 nitrogen and oxygen atoms in total. The molecule has 0 N–H and O–H groups in total. The van der Waals surface area contributed by atoms with Gasteiger partial charge in [0, 0.05) is 6.20 Å². The Labute approximate surface area is 83.8 Å². The number of rotatable bonds is 1. The summed E-state index contributed by atoms with van der Waals surface area (Å²) in [5.74, 6) is 0. The molecule has 0 bridgehead atoms. The van der Waals surface area contributed by atoms with E-state index in [9.17, 15) is 0 Å². The third kappa shape index (κ3) is 1.92. The fourth-order valence-electron chi connectivity index (χ4n) is 1.59. The highest BCUT2D eigenvalue weighted by atomic mass is 15.2. The molecule has 0 fully saturated rings. The second kappa shape index (κ2) is 3.08. The summed E-state index contributed by atoms with van der Waals surface area (Å²) in [5.41, 5.74) is 2.55. The summed E-state index contributed by atoms with van der Waals surface area (Å²) < 4.78 is 1.96. The molecule has 14 heavy (non-hydrogen) atoms. The van der Waals surface area contributed by atoms with E-state index in [1.165, 1.54) is 5.56 Å². The van der Waals surface area contributed by atoms with Crippen molar-refractivity contribution >= 4 is 5.65 Å². The van der Waals surface area contributed by atoms with Gasteiger partial charge in [-0.1, -0.05) is 26.8 Å². The Morgan fingerprint density at radius 1 is 1.29 bits per heavy atom. The highest BCUT2D eigenvalue weighted by Crippen LogP contribution is 2.20. The van der Waals surface area contributed by atoms with Crippen molar-refractivity contribution < 1.29 is 0 Å². The first-order chi connectivity index (χ1) is 6.54. The van der Waals surface area contributed by atoms with E-state index in [2.05, 4.69) is 43.2 Å². The highest BCUT2D eigenvalue weighted by molar-refractivity contribution is 5.37. The Bertz CT molecular complexity index is 437. The van der Waals surface area contributed by atoms with Crippen molar-refractivity contribution in [2.75, 3.05) is 0 Å². The molecule has 2 aromatic rings. The molecule has 0 atom stereocenters. The van der Waals surface area contributed by atoms with Gasteiger partial charge in [-0.25, -0.2) is 0 Å². The van der Waals surface area contributed by atoms with Gasteiger partial charge in [-0.3, -0.25) is 4.40 Å². The van der Waals surface area contributed by atoms with Crippen molar-refractivity contribution in [3.05, 3.63) is 30.2 Å². The zero-order valence-corrected chi connectivity index (χ0v) is 8.86. The summed E-state index contributed by atoms with van der Waals surface area (Å²) in [6.07, 6.45) is 4.91. The number of hydrogen-bond donors (Lipinski definition) is 0. The van der Waals surface area contributed by atoms with Crippen LogP contribution < -0.4 is 0 Å². The highest BCUT2D eigenvalue weighted by Gasteiger charge is 2.11. The summed E-state index contributed by atoms with van der Waals surface area (Å²) in [5, 5.41) is 7.82. The van der Waals surface area contributed by atoms with Crippen LogP contribution in [0.2, 0.25) is 0 Å². The first-order valence-corrected chi connectivity index (χ1v) is 4.83. The number of aromatic nitrogens is 3. The maximum Gasteiger partial charge on any atom is 0.160 e. The largest absolute Gasteiger partial charge is 0.289 e. The van der Waals surface area contributed by atoms with Crippen LogP contribution in [0.3, 0.4) is 0 Å². The van der Waals surface area contributed by atoms with Crippen LogP contribution >= 0.6 is 0 Å². The van der Waals surface area contributed by atoms with Crippen molar-refractivity contribution in [1.29, 1.82) is 0 Å². The van der Waals surface area contributed by atoms with Crippen LogP contribution in [0.15, 0.2) is 24.7 Å². The Hall–Kier alpha value is -1.38. The molecule has 0 saturated carbocycles. The molecular weight excluding hydrogens is 174 g/mol. The standard InChI is InChI=1S/C11H15N3/c1-11(2,3)6-9-4-5-10-13-12-8-14(10)7-9/h4-5,7-8H,6H2,1-3H3. The third-order valence-electron chi connectivity index (χ3n) is 2.09. The quantitative estimate of drug-likeness (QED) is 0.689. The zero-order valence-electron chi connectivity index (χ0n) is 8.86. The minimum Gasteiger partial charge on any atom is -0.289 e. The molecular formula is C11H15N3. The van der Waals surface area contributed by atoms with E-state index in [1.807, 2.05) is 10.5 Å². The maximum atomic E-state index is 3.97. The summed E-state index contributed by atoms with van der Waals surface area (Å²) in [7, 11) is 0. The maximum absolute atomic E-state index is 3.97. The van der Waals surface area contributed by atoms with Crippen molar-refractivity contribution in [3.63, 3.8) is 0 Å². The van der Waals surface area contributed by atoms with Crippen molar-refractivity contribution in [3.8, 4) is 0 Å². The van der Waals surface area contributed by atoms with Gasteiger partial charge in [-0.2, -0.15) is 0 Å². The smallest absolute Gasteiger partial charge is 0.160 e. The molecule has 0 unspecified atom stereocenters. The number of nitrogens with zero attached hydrogens (tertiary/aromatic N) is 3. The molecule has 0 radical (unpaired) electrons. The topological polar surface area (TPSA) is 30.2 Å². The Kier molecular flexibility index (Phi) is 2.02. The molecule has 0 saturated heterocycles. The monoisotopic (exact) mass is 189 g/mol. The van der Waals surface area contributed by atoms with Crippen LogP contribution in [-0.2, 0) is 6.42 Å². The van der Waals surface area contributed by atoms with Crippen molar-refractivity contribution in [2.45, 2.75) is 27.2 Å². The average Bonchev–Trinajstić information content (AvgIpc) is 2.47.